The number of hydrogen-bond donors (Lipinski definition) is 0. The summed E-state index contributed by atoms with van der Waals surface area (Å²) < 4.78 is 27.5. The lowest BCUT2D eigenvalue weighted by atomic mass is 10.2. The number of benzene rings is 2. The average Bonchev–Trinajstić information content (AvgIpc) is 2.39. The van der Waals surface area contributed by atoms with E-state index >= 15 is 0 Å². The van der Waals surface area contributed by atoms with E-state index in [1.54, 1.807) is 18.2 Å². The molecule has 2 nitrogen and oxygen atoms in total. The van der Waals surface area contributed by atoms with Crippen LogP contribution < -0.4 is 0 Å². The van der Waals surface area contributed by atoms with Gasteiger partial charge in [-0.05, 0) is 30.3 Å². The molecule has 0 saturated carbocycles. The van der Waals surface area contributed by atoms with Crippen molar-refractivity contribution in [3.8, 4) is 11.4 Å². The lowest BCUT2D eigenvalue weighted by Crippen LogP contribution is -1.95. The van der Waals surface area contributed by atoms with Crippen molar-refractivity contribution in [2.75, 3.05) is 0 Å². The summed E-state index contributed by atoms with van der Waals surface area (Å²) in [6.45, 7) is 0. The van der Waals surface area contributed by atoms with Gasteiger partial charge in [-0.2, -0.15) is 0 Å². The van der Waals surface area contributed by atoms with Gasteiger partial charge >= 0.3 is 0 Å². The molecular weight excluding hydrogens is 350 g/mol. The Bertz CT molecular complexity index is 824. The second-order valence-electron chi connectivity index (χ2n) is 4.12. The molecule has 20 heavy (non-hydrogen) atoms. The van der Waals surface area contributed by atoms with Crippen molar-refractivity contribution >= 4 is 38.4 Å². The normalized spacial score (nSPS) is 11.0. The van der Waals surface area contributed by atoms with Crippen LogP contribution in [-0.2, 0) is 0 Å². The molecule has 0 fully saturated rings. The zero-order chi connectivity index (χ0) is 14.3. The van der Waals surface area contributed by atoms with Crippen molar-refractivity contribution < 1.29 is 8.78 Å². The Kier molecular flexibility index (Phi) is 3.40. The second-order valence-corrected chi connectivity index (χ2v) is 5.40. The summed E-state index contributed by atoms with van der Waals surface area (Å²) in [5, 5.41) is 0.877. The van der Waals surface area contributed by atoms with Crippen LogP contribution in [-0.4, -0.2) is 9.97 Å². The van der Waals surface area contributed by atoms with Crippen LogP contribution in [0.1, 0.15) is 0 Å². The van der Waals surface area contributed by atoms with Gasteiger partial charge in [0, 0.05) is 15.9 Å². The predicted octanol–water partition coefficient (Wildman–Crippen LogP) is 4.99. The van der Waals surface area contributed by atoms with E-state index in [1.807, 2.05) is 0 Å². The van der Waals surface area contributed by atoms with Gasteiger partial charge < -0.3 is 0 Å². The quantitative estimate of drug-likeness (QED) is 0.575. The third-order valence-electron chi connectivity index (χ3n) is 2.78. The number of aromatic nitrogens is 2. The smallest absolute Gasteiger partial charge is 0.164 e. The minimum Gasteiger partial charge on any atom is -0.228 e. The first-order valence-corrected chi connectivity index (χ1v) is 6.80. The lowest BCUT2D eigenvalue weighted by Gasteiger charge is -2.06. The van der Waals surface area contributed by atoms with Gasteiger partial charge in [-0.15, -0.1) is 0 Å². The molecule has 0 aliphatic heterocycles. The fourth-order valence-corrected chi connectivity index (χ4v) is 2.45. The van der Waals surface area contributed by atoms with Gasteiger partial charge in [-0.1, -0.05) is 27.5 Å². The molecular formula is C14H6BrClF2N2. The standard InChI is InChI=1S/C14H6BrClF2N2/c15-7-1-4-12-10(5-7)13(16)20-14(19-12)9-3-2-8(17)6-11(9)18/h1-6H. The number of nitrogens with zero attached hydrogens (tertiary/aromatic N) is 2. The molecule has 0 unspecified atom stereocenters. The summed E-state index contributed by atoms with van der Waals surface area (Å²) in [4.78, 5) is 8.33. The second kappa shape index (κ2) is 5.07. The van der Waals surface area contributed by atoms with Crippen molar-refractivity contribution in [3.05, 3.63) is 57.7 Å². The molecule has 0 aliphatic rings. The Morgan fingerprint density at radius 3 is 2.55 bits per heavy atom. The molecule has 0 N–H and O–H groups in total. The average molecular weight is 356 g/mol. The summed E-state index contributed by atoms with van der Waals surface area (Å²) in [6.07, 6.45) is 0. The molecule has 0 atom stereocenters. The van der Waals surface area contributed by atoms with Gasteiger partial charge in [-0.25, -0.2) is 18.7 Å². The number of hydrogen-bond acceptors (Lipinski definition) is 2. The van der Waals surface area contributed by atoms with Crippen LogP contribution >= 0.6 is 27.5 Å². The molecule has 0 bridgehead atoms. The van der Waals surface area contributed by atoms with E-state index in [1.165, 1.54) is 6.07 Å². The van der Waals surface area contributed by atoms with E-state index < -0.39 is 11.6 Å². The predicted molar refractivity (Wildman–Crippen MR) is 77.6 cm³/mol. The molecule has 0 radical (unpaired) electrons. The van der Waals surface area contributed by atoms with Crippen LogP contribution in [0.5, 0.6) is 0 Å². The molecule has 0 aliphatic carbocycles. The highest BCUT2D eigenvalue weighted by Gasteiger charge is 2.12. The summed E-state index contributed by atoms with van der Waals surface area (Å²) in [5.74, 6) is -1.25. The number of halogens is 4. The molecule has 0 amide bonds. The van der Waals surface area contributed by atoms with Crippen LogP contribution in [0.3, 0.4) is 0 Å². The Morgan fingerprint density at radius 1 is 1.00 bits per heavy atom. The topological polar surface area (TPSA) is 25.8 Å². The third kappa shape index (κ3) is 2.39. The van der Waals surface area contributed by atoms with E-state index in [0.29, 0.717) is 10.9 Å². The molecule has 3 aromatic rings. The first-order chi connectivity index (χ1) is 9.54. The molecule has 1 aromatic heterocycles. The van der Waals surface area contributed by atoms with Crippen molar-refractivity contribution in [2.45, 2.75) is 0 Å². The fraction of sp³-hybridized carbons (Fsp3) is 0. The molecule has 0 saturated heterocycles. The van der Waals surface area contributed by atoms with E-state index in [-0.39, 0.29) is 16.5 Å². The first kappa shape index (κ1) is 13.4. The largest absolute Gasteiger partial charge is 0.228 e. The highest BCUT2D eigenvalue weighted by atomic mass is 79.9. The van der Waals surface area contributed by atoms with Gasteiger partial charge in [-0.3, -0.25) is 0 Å². The Hall–Kier alpha value is -1.59. The summed E-state index contributed by atoms with van der Waals surface area (Å²) >= 11 is 9.43. The maximum absolute atomic E-state index is 13.8. The lowest BCUT2D eigenvalue weighted by molar-refractivity contribution is 0.585. The summed E-state index contributed by atoms with van der Waals surface area (Å²) in [6, 6.07) is 8.57. The zero-order valence-corrected chi connectivity index (χ0v) is 12.2. The Labute approximate surface area is 126 Å². The third-order valence-corrected chi connectivity index (χ3v) is 3.56. The maximum Gasteiger partial charge on any atom is 0.164 e. The SMILES string of the molecule is Fc1ccc(-c2nc(Cl)c3cc(Br)ccc3n2)c(F)c1. The van der Waals surface area contributed by atoms with Crippen LogP contribution in [0.2, 0.25) is 5.15 Å². The van der Waals surface area contributed by atoms with Crippen molar-refractivity contribution in [1.82, 2.24) is 9.97 Å². The number of rotatable bonds is 1. The van der Waals surface area contributed by atoms with Gasteiger partial charge in [0.05, 0.1) is 11.1 Å². The van der Waals surface area contributed by atoms with Gasteiger partial charge in [0.1, 0.15) is 16.8 Å². The first-order valence-electron chi connectivity index (χ1n) is 5.63. The zero-order valence-electron chi connectivity index (χ0n) is 9.87. The monoisotopic (exact) mass is 354 g/mol. The van der Waals surface area contributed by atoms with Gasteiger partial charge in [0.15, 0.2) is 5.82 Å². The maximum atomic E-state index is 13.8. The van der Waals surface area contributed by atoms with Crippen LogP contribution in [0, 0.1) is 11.6 Å². The van der Waals surface area contributed by atoms with E-state index in [2.05, 4.69) is 25.9 Å². The van der Waals surface area contributed by atoms with Crippen molar-refractivity contribution in [1.29, 1.82) is 0 Å². The van der Waals surface area contributed by atoms with Crippen LogP contribution in [0.15, 0.2) is 40.9 Å². The fourth-order valence-electron chi connectivity index (χ4n) is 1.85. The molecule has 100 valence electrons. The molecule has 3 rings (SSSR count). The van der Waals surface area contributed by atoms with Crippen LogP contribution in [0.4, 0.5) is 8.78 Å². The van der Waals surface area contributed by atoms with Gasteiger partial charge in [0.25, 0.3) is 0 Å². The Balaban J connectivity index is 2.24. The minimum absolute atomic E-state index is 0.109. The molecule has 0 spiro atoms. The summed E-state index contributed by atoms with van der Waals surface area (Å²) in [5.41, 5.74) is 0.699. The molecule has 2 aromatic carbocycles. The highest BCUT2D eigenvalue weighted by molar-refractivity contribution is 9.10. The van der Waals surface area contributed by atoms with Crippen molar-refractivity contribution in [2.24, 2.45) is 0 Å². The Morgan fingerprint density at radius 2 is 1.80 bits per heavy atom. The van der Waals surface area contributed by atoms with E-state index in [4.69, 9.17) is 11.6 Å². The van der Waals surface area contributed by atoms with Crippen molar-refractivity contribution in [3.63, 3.8) is 0 Å². The number of fused-ring (bicyclic) bond motifs is 1. The summed E-state index contributed by atoms with van der Waals surface area (Å²) in [7, 11) is 0. The van der Waals surface area contributed by atoms with E-state index in [9.17, 15) is 8.78 Å². The van der Waals surface area contributed by atoms with Crippen LogP contribution in [0.25, 0.3) is 22.3 Å². The molecule has 1 heterocycles. The van der Waals surface area contributed by atoms with E-state index in [0.717, 1.165) is 16.6 Å². The molecule has 6 heteroatoms. The highest BCUT2D eigenvalue weighted by Crippen LogP contribution is 2.28. The minimum atomic E-state index is -0.725. The van der Waals surface area contributed by atoms with Gasteiger partial charge in [0.2, 0.25) is 0 Å².